The van der Waals surface area contributed by atoms with Gasteiger partial charge in [0, 0.05) is 19.3 Å². The first-order valence-electron chi connectivity index (χ1n) is 26.5. The van der Waals surface area contributed by atoms with Crippen LogP contribution in [0.2, 0.25) is 0 Å². The summed E-state index contributed by atoms with van der Waals surface area (Å²) in [5, 5.41) is 0. The molecule has 0 aromatic rings. The van der Waals surface area contributed by atoms with Crippen LogP contribution >= 0.6 is 0 Å². The minimum absolute atomic E-state index is 0.128. The van der Waals surface area contributed by atoms with Crippen LogP contribution in [0, 0.1) is 0 Å². The smallest absolute Gasteiger partial charge is 0.306 e. The highest BCUT2D eigenvalue weighted by Gasteiger charge is 2.19. The third-order valence-corrected chi connectivity index (χ3v) is 10.7. The molecule has 0 radical (unpaired) electrons. The summed E-state index contributed by atoms with van der Waals surface area (Å²) in [7, 11) is 0. The highest BCUT2D eigenvalue weighted by molar-refractivity contribution is 5.71. The van der Waals surface area contributed by atoms with E-state index in [1.165, 1.54) is 70.6 Å². The number of esters is 3. The van der Waals surface area contributed by atoms with Crippen LogP contribution in [-0.4, -0.2) is 37.2 Å². The molecule has 0 aromatic carbocycles. The highest BCUT2D eigenvalue weighted by atomic mass is 16.6. The summed E-state index contributed by atoms with van der Waals surface area (Å²) < 4.78 is 16.7. The van der Waals surface area contributed by atoms with Gasteiger partial charge in [-0.3, -0.25) is 14.4 Å². The predicted octanol–water partition coefficient (Wildman–Crippen LogP) is 17.7. The molecule has 0 unspecified atom stereocenters. The average molecular weight is 913 g/mol. The molecule has 0 saturated heterocycles. The van der Waals surface area contributed by atoms with Gasteiger partial charge in [-0.25, -0.2) is 0 Å². The number of rotatable bonds is 46. The van der Waals surface area contributed by atoms with Crippen molar-refractivity contribution >= 4 is 17.9 Å². The van der Waals surface area contributed by atoms with Crippen molar-refractivity contribution in [2.45, 2.75) is 226 Å². The van der Waals surface area contributed by atoms with Crippen molar-refractivity contribution in [3.8, 4) is 0 Å². The van der Waals surface area contributed by atoms with Gasteiger partial charge in [-0.15, -0.1) is 0 Å². The van der Waals surface area contributed by atoms with E-state index in [9.17, 15) is 14.4 Å². The number of carbonyl (C=O) groups is 3. The molecule has 0 saturated carbocycles. The van der Waals surface area contributed by atoms with E-state index >= 15 is 0 Å². The molecule has 0 amide bonds. The largest absolute Gasteiger partial charge is 0.462 e. The number of hydrogen-bond donors (Lipinski definition) is 0. The lowest BCUT2D eigenvalue weighted by Crippen LogP contribution is -2.30. The monoisotopic (exact) mass is 913 g/mol. The maximum absolute atomic E-state index is 12.8. The van der Waals surface area contributed by atoms with Crippen LogP contribution in [0.25, 0.3) is 0 Å². The third-order valence-electron chi connectivity index (χ3n) is 10.7. The zero-order chi connectivity index (χ0) is 47.9. The molecule has 66 heavy (non-hydrogen) atoms. The molecule has 1 atom stereocenters. The van der Waals surface area contributed by atoms with Crippen molar-refractivity contribution in [2.24, 2.45) is 0 Å². The fourth-order valence-electron chi connectivity index (χ4n) is 6.62. The molecule has 0 N–H and O–H groups in total. The van der Waals surface area contributed by atoms with E-state index < -0.39 is 6.10 Å². The Morgan fingerprint density at radius 1 is 0.303 bits per heavy atom. The second-order valence-electron chi connectivity index (χ2n) is 17.1. The van der Waals surface area contributed by atoms with Gasteiger partial charge in [-0.1, -0.05) is 200 Å². The summed E-state index contributed by atoms with van der Waals surface area (Å²) in [6, 6.07) is 0. The predicted molar refractivity (Wildman–Crippen MR) is 283 cm³/mol. The minimum Gasteiger partial charge on any atom is -0.462 e. The van der Waals surface area contributed by atoms with Crippen LogP contribution in [0.4, 0.5) is 0 Å². The molecule has 0 bridgehead atoms. The normalized spacial score (nSPS) is 13.1. The van der Waals surface area contributed by atoms with Crippen molar-refractivity contribution in [1.82, 2.24) is 0 Å². The maximum Gasteiger partial charge on any atom is 0.306 e. The molecule has 0 spiro atoms. The van der Waals surface area contributed by atoms with Crippen molar-refractivity contribution in [3.63, 3.8) is 0 Å². The molecule has 0 heterocycles. The quantitative estimate of drug-likeness (QED) is 0.0262. The Morgan fingerprint density at radius 2 is 0.576 bits per heavy atom. The lowest BCUT2D eigenvalue weighted by atomic mass is 10.1. The molecular weight excluding hydrogens is 817 g/mol. The third kappa shape index (κ3) is 50.8. The van der Waals surface area contributed by atoms with Gasteiger partial charge in [0.1, 0.15) is 13.2 Å². The zero-order valence-electron chi connectivity index (χ0n) is 42.4. The van der Waals surface area contributed by atoms with Gasteiger partial charge in [0.25, 0.3) is 0 Å². The van der Waals surface area contributed by atoms with Gasteiger partial charge in [0.15, 0.2) is 6.10 Å². The van der Waals surface area contributed by atoms with Crippen molar-refractivity contribution in [2.75, 3.05) is 13.2 Å². The van der Waals surface area contributed by atoms with Crippen molar-refractivity contribution in [1.29, 1.82) is 0 Å². The number of carbonyl (C=O) groups excluding carboxylic acids is 3. The van der Waals surface area contributed by atoms with Crippen LogP contribution in [0.3, 0.4) is 0 Å². The van der Waals surface area contributed by atoms with Gasteiger partial charge < -0.3 is 14.2 Å². The maximum atomic E-state index is 12.8. The van der Waals surface area contributed by atoms with E-state index in [0.717, 1.165) is 96.3 Å². The van der Waals surface area contributed by atoms with Crippen LogP contribution in [0.1, 0.15) is 220 Å². The van der Waals surface area contributed by atoms with E-state index in [4.69, 9.17) is 14.2 Å². The molecule has 0 aliphatic rings. The fraction of sp³-hybridized carbons (Fsp3) is 0.617. The van der Waals surface area contributed by atoms with Gasteiger partial charge in [-0.2, -0.15) is 0 Å². The second kappa shape index (κ2) is 53.4. The summed E-state index contributed by atoms with van der Waals surface area (Å²) in [6.07, 6.45) is 73.3. The zero-order valence-corrected chi connectivity index (χ0v) is 42.4. The molecule has 6 heteroatoms. The Balaban J connectivity index is 4.61. The van der Waals surface area contributed by atoms with E-state index in [-0.39, 0.29) is 44.0 Å². The van der Waals surface area contributed by atoms with E-state index in [1.807, 2.05) is 0 Å². The van der Waals surface area contributed by atoms with E-state index in [2.05, 4.69) is 142 Å². The van der Waals surface area contributed by atoms with Crippen LogP contribution in [0.15, 0.2) is 122 Å². The van der Waals surface area contributed by atoms with Gasteiger partial charge >= 0.3 is 17.9 Å². The second-order valence-corrected chi connectivity index (χ2v) is 17.1. The molecule has 0 rings (SSSR count). The number of ether oxygens (including phenoxy) is 3. The van der Waals surface area contributed by atoms with Crippen molar-refractivity contribution in [3.05, 3.63) is 122 Å². The van der Waals surface area contributed by atoms with Gasteiger partial charge in [0.2, 0.25) is 0 Å². The summed E-state index contributed by atoms with van der Waals surface area (Å²) >= 11 is 0. The lowest BCUT2D eigenvalue weighted by Gasteiger charge is -2.18. The molecule has 0 aliphatic heterocycles. The van der Waals surface area contributed by atoms with Crippen LogP contribution < -0.4 is 0 Å². The first-order chi connectivity index (χ1) is 32.5. The Labute approximate surface area is 405 Å². The van der Waals surface area contributed by atoms with E-state index in [1.54, 1.807) is 0 Å². The molecule has 0 fully saturated rings. The number of hydrogen-bond acceptors (Lipinski definition) is 6. The highest BCUT2D eigenvalue weighted by Crippen LogP contribution is 2.11. The summed E-state index contributed by atoms with van der Waals surface area (Å²) in [5.41, 5.74) is 0. The minimum atomic E-state index is -0.838. The number of allylic oxidation sites excluding steroid dienone is 20. The van der Waals surface area contributed by atoms with E-state index in [0.29, 0.717) is 19.3 Å². The Kier molecular flexibility index (Phi) is 50.0. The summed E-state index contributed by atoms with van der Waals surface area (Å²) in [6.45, 7) is 6.42. The SMILES string of the molecule is CCCC/C=C\C/C=C\CCCCCCCC(=O)OC[C@H](COC(=O)CCC/C=C\C/C=C\C/C=C\C/C=C\CCCCC)OC(=O)CCC/C=C\C/C=C\C/C=C\C/C=C\CCCCC. The van der Waals surface area contributed by atoms with Crippen LogP contribution in [0.5, 0.6) is 0 Å². The molecular formula is C60H96O6. The lowest BCUT2D eigenvalue weighted by molar-refractivity contribution is -0.167. The number of unbranched alkanes of at least 4 members (excludes halogenated alkanes) is 15. The van der Waals surface area contributed by atoms with Gasteiger partial charge in [0.05, 0.1) is 0 Å². The standard InChI is InChI=1S/C60H96O6/c1-4-7-10-13-16-19-22-25-28-30-32-35-38-41-44-47-50-53-59(62)65-56-57(55-64-58(61)52-49-46-43-40-37-34-27-24-21-18-15-12-9-6-3)66-60(63)54-51-48-45-42-39-36-33-31-29-26-23-20-17-14-11-8-5-2/h15-20,24-29,32-33,35-36,41-42,44-45,57H,4-14,21-23,30-31,34,37-40,43,46-56H2,1-3H3/b18-15-,19-16-,20-17-,27-24-,28-25-,29-26-,35-32-,36-33-,44-41-,45-42-/t57-/m1/s1. The topological polar surface area (TPSA) is 78.9 Å². The van der Waals surface area contributed by atoms with Crippen LogP contribution in [-0.2, 0) is 28.6 Å². The van der Waals surface area contributed by atoms with Gasteiger partial charge in [-0.05, 0) is 122 Å². The Morgan fingerprint density at radius 3 is 0.955 bits per heavy atom. The van der Waals surface area contributed by atoms with Crippen molar-refractivity contribution < 1.29 is 28.6 Å². The molecule has 0 aliphatic carbocycles. The first kappa shape index (κ1) is 61.8. The first-order valence-corrected chi connectivity index (χ1v) is 26.5. The fourth-order valence-corrected chi connectivity index (χ4v) is 6.62. The molecule has 6 nitrogen and oxygen atoms in total. The molecule has 0 aromatic heterocycles. The Hall–Kier alpha value is -4.19. The average Bonchev–Trinajstić information content (AvgIpc) is 3.31. The summed E-state index contributed by atoms with van der Waals surface area (Å²) in [4.78, 5) is 38.0. The molecule has 372 valence electrons. The Bertz CT molecular complexity index is 1420. The summed E-state index contributed by atoms with van der Waals surface area (Å²) in [5.74, 6) is -1.06.